The topological polar surface area (TPSA) is 49.4 Å². The lowest BCUT2D eigenvalue weighted by Gasteiger charge is -2.28. The van der Waals surface area contributed by atoms with Crippen molar-refractivity contribution in [2.75, 3.05) is 12.8 Å². The van der Waals surface area contributed by atoms with E-state index >= 15 is 0 Å². The second-order valence-corrected chi connectivity index (χ2v) is 8.88. The minimum Gasteiger partial charge on any atom is -0.357 e. The summed E-state index contributed by atoms with van der Waals surface area (Å²) < 4.78 is 1.98. The Morgan fingerprint density at radius 3 is 2.41 bits per heavy atom. The van der Waals surface area contributed by atoms with Crippen molar-refractivity contribution in [2.24, 2.45) is 0 Å². The van der Waals surface area contributed by atoms with Crippen molar-refractivity contribution in [1.82, 2.24) is 10.2 Å². The van der Waals surface area contributed by atoms with Crippen LogP contribution in [0.15, 0.2) is 57.5 Å². The molecule has 144 valence electrons. The van der Waals surface area contributed by atoms with Gasteiger partial charge in [0.05, 0.1) is 5.75 Å². The predicted molar refractivity (Wildman–Crippen MR) is 119 cm³/mol. The second kappa shape index (κ2) is 10.9. The van der Waals surface area contributed by atoms with Gasteiger partial charge in [0.2, 0.25) is 11.8 Å². The smallest absolute Gasteiger partial charge is 0.242 e. The highest BCUT2D eigenvalue weighted by Crippen LogP contribution is 2.19. The molecule has 0 aliphatic carbocycles. The summed E-state index contributed by atoms with van der Waals surface area (Å²) in [5.74, 6) is 0.855. The molecule has 0 heterocycles. The summed E-state index contributed by atoms with van der Waals surface area (Å²) in [6.07, 6.45) is 0. The number of hydrogen-bond acceptors (Lipinski definition) is 3. The molecule has 0 spiro atoms. The summed E-state index contributed by atoms with van der Waals surface area (Å²) in [5.41, 5.74) is 2.14. The molecule has 4 nitrogen and oxygen atoms in total. The van der Waals surface area contributed by atoms with E-state index in [0.29, 0.717) is 12.3 Å². The number of hydrogen-bond donors (Lipinski definition) is 1. The van der Waals surface area contributed by atoms with Gasteiger partial charge in [0.15, 0.2) is 0 Å². The van der Waals surface area contributed by atoms with E-state index < -0.39 is 6.04 Å². The van der Waals surface area contributed by atoms with Gasteiger partial charge in [0, 0.05) is 28.3 Å². The minimum absolute atomic E-state index is 0.0480. The summed E-state index contributed by atoms with van der Waals surface area (Å²) >= 11 is 8.42. The van der Waals surface area contributed by atoms with Gasteiger partial charge in [0.1, 0.15) is 6.04 Å². The Balaban J connectivity index is 2.03. The molecule has 0 bridgehead atoms. The molecule has 0 aliphatic rings. The maximum Gasteiger partial charge on any atom is 0.242 e. The molecule has 2 aromatic rings. The van der Waals surface area contributed by atoms with Crippen LogP contribution < -0.4 is 5.32 Å². The molecular weight excluding hydrogens is 492 g/mol. The Kier molecular flexibility index (Phi) is 8.86. The maximum absolute atomic E-state index is 12.8. The number of benzene rings is 2. The first-order chi connectivity index (χ1) is 12.9. The SMILES string of the molecule is CNC(=O)[C@H](C)N(Cc1cccc(Br)c1)C(=O)CSCc1ccc(Br)cc1. The predicted octanol–water partition coefficient (Wildman–Crippen LogP) is 4.61. The Bertz CT molecular complexity index is 784. The summed E-state index contributed by atoms with van der Waals surface area (Å²) in [5, 5.41) is 2.63. The molecule has 1 atom stereocenters. The van der Waals surface area contributed by atoms with Crippen molar-refractivity contribution in [3.63, 3.8) is 0 Å². The van der Waals surface area contributed by atoms with E-state index in [1.54, 1.807) is 30.6 Å². The van der Waals surface area contributed by atoms with E-state index in [-0.39, 0.29) is 11.8 Å². The van der Waals surface area contributed by atoms with Gasteiger partial charge in [-0.3, -0.25) is 9.59 Å². The van der Waals surface area contributed by atoms with E-state index in [1.165, 1.54) is 0 Å². The molecule has 0 aromatic heterocycles. The van der Waals surface area contributed by atoms with Gasteiger partial charge in [-0.05, 0) is 42.3 Å². The van der Waals surface area contributed by atoms with Crippen LogP contribution >= 0.6 is 43.6 Å². The summed E-state index contributed by atoms with van der Waals surface area (Å²) in [6.45, 7) is 2.15. The molecule has 7 heteroatoms. The number of halogens is 2. The van der Waals surface area contributed by atoms with Crippen LogP contribution in [0.25, 0.3) is 0 Å². The zero-order valence-electron chi connectivity index (χ0n) is 15.2. The van der Waals surface area contributed by atoms with Gasteiger partial charge in [-0.1, -0.05) is 56.1 Å². The van der Waals surface area contributed by atoms with Gasteiger partial charge < -0.3 is 10.2 Å². The molecule has 2 aromatic carbocycles. The molecule has 0 fully saturated rings. The molecule has 2 rings (SSSR count). The van der Waals surface area contributed by atoms with Gasteiger partial charge in [-0.15, -0.1) is 11.8 Å². The van der Waals surface area contributed by atoms with Crippen molar-refractivity contribution >= 4 is 55.4 Å². The van der Waals surface area contributed by atoms with Gasteiger partial charge >= 0.3 is 0 Å². The highest BCUT2D eigenvalue weighted by atomic mass is 79.9. The van der Waals surface area contributed by atoms with Gasteiger partial charge in [-0.25, -0.2) is 0 Å². The van der Waals surface area contributed by atoms with Crippen molar-refractivity contribution in [1.29, 1.82) is 0 Å². The number of rotatable bonds is 8. The standard InChI is InChI=1S/C20H22Br2N2O2S/c1-14(20(26)23-2)24(11-16-4-3-5-18(22)10-16)19(25)13-27-12-15-6-8-17(21)9-7-15/h3-10,14H,11-13H2,1-2H3,(H,23,26)/t14-/m0/s1. The van der Waals surface area contributed by atoms with E-state index in [9.17, 15) is 9.59 Å². The van der Waals surface area contributed by atoms with Crippen LogP contribution in [-0.2, 0) is 21.9 Å². The van der Waals surface area contributed by atoms with Gasteiger partial charge in [-0.2, -0.15) is 0 Å². The largest absolute Gasteiger partial charge is 0.357 e. The lowest BCUT2D eigenvalue weighted by atomic mass is 10.1. The number of nitrogens with one attached hydrogen (secondary N) is 1. The highest BCUT2D eigenvalue weighted by molar-refractivity contribution is 9.10. The first kappa shape index (κ1) is 22.0. The van der Waals surface area contributed by atoms with E-state index in [1.807, 2.05) is 48.5 Å². The Morgan fingerprint density at radius 1 is 1.07 bits per heavy atom. The first-order valence-electron chi connectivity index (χ1n) is 8.48. The van der Waals surface area contributed by atoms with Crippen LogP contribution in [0, 0.1) is 0 Å². The van der Waals surface area contributed by atoms with Crippen LogP contribution in [0.1, 0.15) is 18.1 Å². The monoisotopic (exact) mass is 512 g/mol. The van der Waals surface area contributed by atoms with Crippen LogP contribution in [-0.4, -0.2) is 35.6 Å². The summed E-state index contributed by atoms with van der Waals surface area (Å²) in [6, 6.07) is 15.3. The molecule has 0 aliphatic heterocycles. The molecule has 0 saturated carbocycles. The van der Waals surface area contributed by atoms with E-state index in [0.717, 1.165) is 25.8 Å². The molecule has 2 amide bonds. The third kappa shape index (κ3) is 6.97. The molecule has 1 N–H and O–H groups in total. The third-order valence-corrected chi connectivity index (χ3v) is 6.07. The minimum atomic E-state index is -0.533. The van der Waals surface area contributed by atoms with Crippen molar-refractivity contribution in [3.05, 3.63) is 68.6 Å². The van der Waals surface area contributed by atoms with Crippen molar-refractivity contribution in [3.8, 4) is 0 Å². The lowest BCUT2D eigenvalue weighted by molar-refractivity contribution is -0.138. The number of thioether (sulfide) groups is 1. The number of carbonyl (C=O) groups is 2. The molecule has 27 heavy (non-hydrogen) atoms. The summed E-state index contributed by atoms with van der Waals surface area (Å²) in [4.78, 5) is 26.6. The molecular formula is C20H22Br2N2O2S. The lowest BCUT2D eigenvalue weighted by Crippen LogP contribution is -2.47. The second-order valence-electron chi connectivity index (χ2n) is 6.06. The highest BCUT2D eigenvalue weighted by Gasteiger charge is 2.25. The van der Waals surface area contributed by atoms with Crippen LogP contribution in [0.4, 0.5) is 0 Å². The number of amides is 2. The van der Waals surface area contributed by atoms with Crippen molar-refractivity contribution < 1.29 is 9.59 Å². The average Bonchev–Trinajstić information content (AvgIpc) is 2.66. The molecule has 0 radical (unpaired) electrons. The number of nitrogens with zero attached hydrogens (tertiary/aromatic N) is 1. The molecule has 0 unspecified atom stereocenters. The quantitative estimate of drug-likeness (QED) is 0.560. The van der Waals surface area contributed by atoms with Crippen LogP contribution in [0.3, 0.4) is 0 Å². The molecule has 0 saturated heterocycles. The Morgan fingerprint density at radius 2 is 1.78 bits per heavy atom. The average molecular weight is 514 g/mol. The van der Waals surface area contributed by atoms with E-state index in [2.05, 4.69) is 37.2 Å². The fourth-order valence-corrected chi connectivity index (χ4v) is 4.12. The van der Waals surface area contributed by atoms with Crippen LogP contribution in [0.2, 0.25) is 0 Å². The maximum atomic E-state index is 12.8. The van der Waals surface area contributed by atoms with Crippen molar-refractivity contribution in [2.45, 2.75) is 25.3 Å². The normalized spacial score (nSPS) is 11.7. The zero-order valence-corrected chi connectivity index (χ0v) is 19.2. The summed E-state index contributed by atoms with van der Waals surface area (Å²) in [7, 11) is 1.59. The first-order valence-corrected chi connectivity index (χ1v) is 11.2. The fourth-order valence-electron chi connectivity index (χ4n) is 2.54. The fraction of sp³-hybridized carbons (Fsp3) is 0.300. The van der Waals surface area contributed by atoms with Gasteiger partial charge in [0.25, 0.3) is 0 Å². The number of carbonyl (C=O) groups excluding carboxylic acids is 2. The zero-order chi connectivity index (χ0) is 19.8. The Hall–Kier alpha value is -1.31. The number of likely N-dealkylation sites (N-methyl/N-ethyl adjacent to an activating group) is 1. The van der Waals surface area contributed by atoms with Crippen LogP contribution in [0.5, 0.6) is 0 Å². The van der Waals surface area contributed by atoms with E-state index in [4.69, 9.17) is 0 Å². The third-order valence-electron chi connectivity index (χ3n) is 4.06. The Labute approximate surface area is 181 Å².